The summed E-state index contributed by atoms with van der Waals surface area (Å²) in [6, 6.07) is 3.78. The lowest BCUT2D eigenvalue weighted by molar-refractivity contribution is 0.351. The van der Waals surface area contributed by atoms with Gasteiger partial charge in [0, 0.05) is 6.54 Å². The Hall–Kier alpha value is -1.46. The van der Waals surface area contributed by atoms with Gasteiger partial charge in [0.1, 0.15) is 0 Å². The van der Waals surface area contributed by atoms with Crippen LogP contribution in [0, 0.1) is 5.92 Å². The minimum Gasteiger partial charge on any atom is -0.274 e. The largest absolute Gasteiger partial charge is 0.274 e. The van der Waals surface area contributed by atoms with Crippen LogP contribution in [0.25, 0.3) is 20.2 Å². The van der Waals surface area contributed by atoms with Gasteiger partial charge in [-0.3, -0.25) is 14.2 Å². The topological polar surface area (TPSA) is 39.1 Å². The number of unbranched alkanes of at least 4 members (excludes halogenated alkanes) is 8. The molecule has 3 rings (SSSR count). The molecule has 0 radical (unpaired) electrons. The fraction of sp³-hybridized carbons (Fsp3) is 0.615. The predicted molar refractivity (Wildman–Crippen MR) is 138 cm³/mol. The number of nitrogens with zero attached hydrogens (tertiary/aromatic N) is 1. The van der Waals surface area contributed by atoms with Crippen molar-refractivity contribution in [1.82, 2.24) is 4.57 Å². The third kappa shape index (κ3) is 6.29. The SMILES string of the molecule is CCCCCCCCC(CCCCCC)Cn1c(=O)c2ccsc2c2sccc2c1=O. The number of rotatable bonds is 14. The van der Waals surface area contributed by atoms with E-state index in [1.54, 1.807) is 27.2 Å². The summed E-state index contributed by atoms with van der Waals surface area (Å²) in [6.45, 7) is 5.04. The van der Waals surface area contributed by atoms with Crippen LogP contribution < -0.4 is 11.1 Å². The maximum atomic E-state index is 13.4. The molecule has 31 heavy (non-hydrogen) atoms. The maximum Gasteiger partial charge on any atom is 0.262 e. The highest BCUT2D eigenvalue weighted by Gasteiger charge is 2.17. The molecule has 0 amide bonds. The summed E-state index contributed by atoms with van der Waals surface area (Å²) in [7, 11) is 0. The molecule has 3 aromatic heterocycles. The summed E-state index contributed by atoms with van der Waals surface area (Å²) in [5.74, 6) is 0.401. The van der Waals surface area contributed by atoms with Crippen LogP contribution in [-0.2, 0) is 6.54 Å². The Balaban J connectivity index is 1.83. The van der Waals surface area contributed by atoms with Crippen molar-refractivity contribution in [3.8, 4) is 0 Å². The molecular weight excluding hydrogens is 422 g/mol. The second kappa shape index (κ2) is 12.5. The highest BCUT2D eigenvalue weighted by Crippen LogP contribution is 2.29. The van der Waals surface area contributed by atoms with E-state index in [0.717, 1.165) is 22.2 Å². The van der Waals surface area contributed by atoms with Crippen molar-refractivity contribution in [2.24, 2.45) is 5.92 Å². The van der Waals surface area contributed by atoms with Crippen LogP contribution in [0.15, 0.2) is 32.5 Å². The Bertz CT molecular complexity index is 995. The van der Waals surface area contributed by atoms with Crippen LogP contribution in [0.1, 0.15) is 90.9 Å². The third-order valence-corrected chi connectivity index (χ3v) is 8.35. The fourth-order valence-corrected chi connectivity index (χ4v) is 6.48. The standard InChI is InChI=1S/C26H37NO2S2/c1-3-5-7-9-10-12-14-20(13-11-8-6-4-2)19-27-25(28)21-15-17-30-23(21)24-22(26(27)29)16-18-31-24/h15-18,20H,3-14,19H2,1-2H3. The summed E-state index contributed by atoms with van der Waals surface area (Å²) < 4.78 is 3.48. The Kier molecular flexibility index (Phi) is 9.79. The van der Waals surface area contributed by atoms with Crippen LogP contribution in [0.3, 0.4) is 0 Å². The second-order valence-electron chi connectivity index (χ2n) is 8.82. The summed E-state index contributed by atoms with van der Waals surface area (Å²) >= 11 is 3.13. The van der Waals surface area contributed by atoms with Gasteiger partial charge in [-0.2, -0.15) is 0 Å². The van der Waals surface area contributed by atoms with Gasteiger partial charge in [0.05, 0.1) is 20.2 Å². The van der Waals surface area contributed by atoms with Crippen molar-refractivity contribution < 1.29 is 0 Å². The van der Waals surface area contributed by atoms with Crippen molar-refractivity contribution in [1.29, 1.82) is 0 Å². The van der Waals surface area contributed by atoms with Crippen molar-refractivity contribution >= 4 is 42.8 Å². The molecule has 0 aliphatic rings. The number of aromatic nitrogens is 1. The Morgan fingerprint density at radius 3 is 1.68 bits per heavy atom. The maximum absolute atomic E-state index is 13.4. The predicted octanol–water partition coefficient (Wildman–Crippen LogP) is 7.98. The number of hydrogen-bond donors (Lipinski definition) is 0. The van der Waals surface area contributed by atoms with Crippen molar-refractivity contribution in [3.63, 3.8) is 0 Å². The first-order valence-electron chi connectivity index (χ1n) is 12.2. The molecule has 3 aromatic rings. The first kappa shape index (κ1) is 24.2. The molecule has 5 heteroatoms. The molecule has 0 saturated carbocycles. The van der Waals surface area contributed by atoms with Crippen LogP contribution in [0.2, 0.25) is 0 Å². The van der Waals surface area contributed by atoms with Gasteiger partial charge in [0.15, 0.2) is 0 Å². The van der Waals surface area contributed by atoms with Gasteiger partial charge in [-0.15, -0.1) is 22.7 Å². The van der Waals surface area contributed by atoms with E-state index < -0.39 is 0 Å². The average Bonchev–Trinajstić information content (AvgIpc) is 3.43. The van der Waals surface area contributed by atoms with Gasteiger partial charge < -0.3 is 0 Å². The van der Waals surface area contributed by atoms with Gasteiger partial charge in [0.25, 0.3) is 11.1 Å². The zero-order valence-corrected chi connectivity index (χ0v) is 20.8. The normalized spacial score (nSPS) is 12.7. The Labute approximate surface area is 194 Å². The summed E-state index contributed by atoms with van der Waals surface area (Å²) in [6.07, 6.45) is 14.8. The number of fused-ring (bicyclic) bond motifs is 3. The Morgan fingerprint density at radius 1 is 0.710 bits per heavy atom. The molecule has 0 aliphatic carbocycles. The minimum absolute atomic E-state index is 0.105. The van der Waals surface area contributed by atoms with Crippen LogP contribution in [-0.4, -0.2) is 4.57 Å². The molecule has 0 aliphatic heterocycles. The first-order chi connectivity index (χ1) is 15.2. The zero-order chi connectivity index (χ0) is 22.1. The van der Waals surface area contributed by atoms with Crippen LogP contribution in [0.5, 0.6) is 0 Å². The fourth-order valence-electron chi connectivity index (χ4n) is 4.51. The van der Waals surface area contributed by atoms with Gasteiger partial charge in [-0.1, -0.05) is 78.1 Å². The van der Waals surface area contributed by atoms with E-state index in [-0.39, 0.29) is 11.1 Å². The van der Waals surface area contributed by atoms with Gasteiger partial charge >= 0.3 is 0 Å². The number of thiophene rings is 2. The zero-order valence-electron chi connectivity index (χ0n) is 19.2. The molecular formula is C26H37NO2S2. The van der Waals surface area contributed by atoms with Gasteiger partial charge in [0.2, 0.25) is 0 Å². The summed E-state index contributed by atoms with van der Waals surface area (Å²) in [4.78, 5) is 26.7. The van der Waals surface area contributed by atoms with Crippen LogP contribution >= 0.6 is 22.7 Å². The van der Waals surface area contributed by atoms with E-state index in [9.17, 15) is 9.59 Å². The van der Waals surface area contributed by atoms with E-state index in [1.807, 2.05) is 22.9 Å². The molecule has 1 atom stereocenters. The molecule has 0 bridgehead atoms. The highest BCUT2D eigenvalue weighted by atomic mass is 32.1. The van der Waals surface area contributed by atoms with Gasteiger partial charge in [-0.05, 0) is 41.7 Å². The molecule has 170 valence electrons. The Morgan fingerprint density at radius 2 is 1.16 bits per heavy atom. The van der Waals surface area contributed by atoms with Gasteiger partial charge in [-0.25, -0.2) is 0 Å². The van der Waals surface area contributed by atoms with E-state index >= 15 is 0 Å². The van der Waals surface area contributed by atoms with E-state index in [4.69, 9.17) is 0 Å². The highest BCUT2D eigenvalue weighted by molar-refractivity contribution is 7.25. The quantitative estimate of drug-likeness (QED) is 0.229. The lowest BCUT2D eigenvalue weighted by Crippen LogP contribution is -2.33. The van der Waals surface area contributed by atoms with Crippen LogP contribution in [0.4, 0.5) is 0 Å². The van der Waals surface area contributed by atoms with Crippen molar-refractivity contribution in [2.45, 2.75) is 97.4 Å². The molecule has 3 nitrogen and oxygen atoms in total. The lowest BCUT2D eigenvalue weighted by Gasteiger charge is -2.17. The molecule has 0 N–H and O–H groups in total. The summed E-state index contributed by atoms with van der Waals surface area (Å²) in [5.41, 5.74) is -0.211. The monoisotopic (exact) mass is 459 g/mol. The van der Waals surface area contributed by atoms with Crippen molar-refractivity contribution in [3.05, 3.63) is 43.6 Å². The molecule has 1 unspecified atom stereocenters. The molecule has 0 aromatic carbocycles. The van der Waals surface area contributed by atoms with Crippen molar-refractivity contribution in [2.75, 3.05) is 0 Å². The van der Waals surface area contributed by atoms with E-state index in [1.165, 1.54) is 64.2 Å². The third-order valence-electron chi connectivity index (χ3n) is 6.36. The smallest absolute Gasteiger partial charge is 0.262 e. The molecule has 3 heterocycles. The minimum atomic E-state index is -0.105. The molecule has 0 fully saturated rings. The lowest BCUT2D eigenvalue weighted by atomic mass is 9.94. The molecule has 0 saturated heterocycles. The van der Waals surface area contributed by atoms with E-state index in [2.05, 4.69) is 13.8 Å². The van der Waals surface area contributed by atoms with E-state index in [0.29, 0.717) is 23.2 Å². The average molecular weight is 460 g/mol. The molecule has 0 spiro atoms. The second-order valence-corrected chi connectivity index (χ2v) is 10.7. The number of hydrogen-bond acceptors (Lipinski definition) is 4. The summed E-state index contributed by atoms with van der Waals surface area (Å²) in [5, 5.41) is 5.34. The first-order valence-corrected chi connectivity index (χ1v) is 13.9.